The third kappa shape index (κ3) is 5.16. The molecule has 1 unspecified atom stereocenters. The van der Waals surface area contributed by atoms with Crippen molar-refractivity contribution in [2.75, 3.05) is 4.90 Å². The number of nitrogens with zero attached hydrogens (tertiary/aromatic N) is 1. The molecule has 1 heteroatoms. The van der Waals surface area contributed by atoms with Crippen LogP contribution in [0.1, 0.15) is 23.6 Å². The van der Waals surface area contributed by atoms with Crippen molar-refractivity contribution in [2.24, 2.45) is 0 Å². The summed E-state index contributed by atoms with van der Waals surface area (Å²) in [7, 11) is 0. The van der Waals surface area contributed by atoms with Gasteiger partial charge in [-0.25, -0.2) is 0 Å². The molecule has 0 heterocycles. The maximum atomic E-state index is 2.46. The highest BCUT2D eigenvalue weighted by atomic mass is 15.1. The minimum Gasteiger partial charge on any atom is -0.309 e. The monoisotopic (exact) mass is 725 g/mol. The average Bonchev–Trinajstić information content (AvgIpc) is 3.55. The van der Waals surface area contributed by atoms with Crippen molar-refractivity contribution in [3.8, 4) is 33.4 Å². The molecule has 11 rings (SSSR count). The summed E-state index contributed by atoms with van der Waals surface area (Å²) in [5.41, 5.74) is 14.7. The van der Waals surface area contributed by atoms with Crippen LogP contribution in [-0.4, -0.2) is 0 Å². The predicted octanol–water partition coefficient (Wildman–Crippen LogP) is 15.3. The Bertz CT molecular complexity index is 3130. The maximum absolute atomic E-state index is 2.46. The Balaban J connectivity index is 1.12. The Morgan fingerprint density at radius 3 is 1.67 bits per heavy atom. The minimum absolute atomic E-state index is 0.262. The van der Waals surface area contributed by atoms with E-state index in [1.165, 1.54) is 82.4 Å². The summed E-state index contributed by atoms with van der Waals surface area (Å²) in [4.78, 5) is 2.46. The van der Waals surface area contributed by atoms with Gasteiger partial charge in [-0.15, -0.1) is 0 Å². The second kappa shape index (κ2) is 13.2. The largest absolute Gasteiger partial charge is 0.309 e. The molecule has 1 nitrogen and oxygen atoms in total. The van der Waals surface area contributed by atoms with Gasteiger partial charge in [0.15, 0.2) is 0 Å². The summed E-state index contributed by atoms with van der Waals surface area (Å²) in [5, 5.41) is 7.37. The first-order chi connectivity index (χ1) is 28.2. The van der Waals surface area contributed by atoms with Crippen LogP contribution in [-0.2, 0) is 5.41 Å². The Morgan fingerprint density at radius 1 is 0.333 bits per heavy atom. The minimum atomic E-state index is -0.262. The van der Waals surface area contributed by atoms with E-state index in [9.17, 15) is 0 Å². The fraction of sp³-hybridized carbons (Fsp3) is 0.0357. The highest BCUT2D eigenvalue weighted by Crippen LogP contribution is 2.56. The highest BCUT2D eigenvalue weighted by Gasteiger charge is 2.41. The summed E-state index contributed by atoms with van der Waals surface area (Å²) in [6, 6.07) is 80.3. The quantitative estimate of drug-likeness (QED) is 0.165. The van der Waals surface area contributed by atoms with Gasteiger partial charge in [-0.05, 0) is 103 Å². The van der Waals surface area contributed by atoms with Gasteiger partial charge in [0, 0.05) is 21.9 Å². The lowest BCUT2D eigenvalue weighted by atomic mass is 9.74. The number of fused-ring (bicyclic) bond motifs is 6. The third-order valence-electron chi connectivity index (χ3n) is 12.4. The molecule has 0 radical (unpaired) electrons. The molecule has 0 amide bonds. The lowest BCUT2D eigenvalue weighted by molar-refractivity contribution is 0.714. The fourth-order valence-electron chi connectivity index (χ4n) is 9.65. The molecule has 0 bridgehead atoms. The molecule has 10 aromatic rings. The van der Waals surface area contributed by atoms with Crippen molar-refractivity contribution in [3.05, 3.63) is 235 Å². The Morgan fingerprint density at radius 2 is 0.842 bits per heavy atom. The topological polar surface area (TPSA) is 3.24 Å². The standard InChI is InChI=1S/C56H39N/c1-56(41-20-3-2-4-21-41)51-30-10-9-24-50(51)55-49(29-14-31-52(55)56)47-26-13-28-48-46(47)27-15-33-54(48)57(53-32-12-19-39-17-6-8-23-45(39)53)42-36-34-40(35-37-42)44-25-11-18-38-16-5-7-22-43(38)44/h2-37H,1H3. The molecule has 10 aromatic carbocycles. The van der Waals surface area contributed by atoms with Crippen molar-refractivity contribution in [3.63, 3.8) is 0 Å². The van der Waals surface area contributed by atoms with E-state index >= 15 is 0 Å². The molecule has 0 N–H and O–H groups in total. The van der Waals surface area contributed by atoms with Crippen LogP contribution in [0.25, 0.3) is 65.7 Å². The summed E-state index contributed by atoms with van der Waals surface area (Å²) in [5.74, 6) is 0. The van der Waals surface area contributed by atoms with Crippen LogP contribution >= 0.6 is 0 Å². The molecule has 0 saturated heterocycles. The number of hydrogen-bond acceptors (Lipinski definition) is 1. The number of hydrogen-bond donors (Lipinski definition) is 0. The Labute approximate surface area is 333 Å². The fourth-order valence-corrected chi connectivity index (χ4v) is 9.65. The van der Waals surface area contributed by atoms with Crippen molar-refractivity contribution in [2.45, 2.75) is 12.3 Å². The van der Waals surface area contributed by atoms with Gasteiger partial charge in [0.2, 0.25) is 0 Å². The zero-order valence-electron chi connectivity index (χ0n) is 31.7. The Kier molecular flexibility index (Phi) is 7.69. The first-order valence-corrected chi connectivity index (χ1v) is 19.9. The van der Waals surface area contributed by atoms with Gasteiger partial charge >= 0.3 is 0 Å². The molecular formula is C56H39N. The zero-order valence-corrected chi connectivity index (χ0v) is 31.7. The van der Waals surface area contributed by atoms with Crippen molar-refractivity contribution in [1.29, 1.82) is 0 Å². The normalized spacial score (nSPS) is 14.5. The van der Waals surface area contributed by atoms with E-state index < -0.39 is 0 Å². The van der Waals surface area contributed by atoms with Crippen molar-refractivity contribution >= 4 is 49.4 Å². The summed E-state index contributed by atoms with van der Waals surface area (Å²) >= 11 is 0. The maximum Gasteiger partial charge on any atom is 0.0540 e. The van der Waals surface area contributed by atoms with Crippen molar-refractivity contribution in [1.82, 2.24) is 0 Å². The average molecular weight is 726 g/mol. The molecular weight excluding hydrogens is 687 g/mol. The van der Waals surface area contributed by atoms with E-state index in [1.54, 1.807) is 0 Å². The smallest absolute Gasteiger partial charge is 0.0540 e. The van der Waals surface area contributed by atoms with E-state index in [0.29, 0.717) is 0 Å². The molecule has 268 valence electrons. The second-order valence-corrected chi connectivity index (χ2v) is 15.3. The van der Waals surface area contributed by atoms with E-state index in [2.05, 4.69) is 230 Å². The number of benzene rings is 10. The highest BCUT2D eigenvalue weighted by molar-refractivity contribution is 6.10. The van der Waals surface area contributed by atoms with E-state index in [0.717, 1.165) is 17.1 Å². The van der Waals surface area contributed by atoms with E-state index in [4.69, 9.17) is 0 Å². The summed E-state index contributed by atoms with van der Waals surface area (Å²) in [6.07, 6.45) is 0. The molecule has 0 saturated carbocycles. The molecule has 0 aliphatic heterocycles. The molecule has 1 aliphatic carbocycles. The molecule has 1 atom stereocenters. The molecule has 1 aliphatic rings. The third-order valence-corrected chi connectivity index (χ3v) is 12.4. The SMILES string of the molecule is CC1(c2ccccc2)c2ccccc2-c2c(-c3cccc4c(N(c5ccc(-c6cccc7ccccc67)cc5)c5cccc6ccccc56)cccc34)cccc21. The second-order valence-electron chi connectivity index (χ2n) is 15.3. The van der Waals surface area contributed by atoms with Gasteiger partial charge in [-0.1, -0.05) is 194 Å². The first-order valence-electron chi connectivity index (χ1n) is 19.9. The summed E-state index contributed by atoms with van der Waals surface area (Å²) in [6.45, 7) is 2.39. The van der Waals surface area contributed by atoms with Gasteiger partial charge in [0.25, 0.3) is 0 Å². The van der Waals surface area contributed by atoms with Crippen LogP contribution in [0.5, 0.6) is 0 Å². The van der Waals surface area contributed by atoms with Gasteiger partial charge in [-0.2, -0.15) is 0 Å². The van der Waals surface area contributed by atoms with E-state index in [-0.39, 0.29) is 5.41 Å². The van der Waals surface area contributed by atoms with Crippen LogP contribution in [0.4, 0.5) is 17.1 Å². The first kappa shape index (κ1) is 33.1. The zero-order chi connectivity index (χ0) is 37.9. The van der Waals surface area contributed by atoms with Gasteiger partial charge in [0.1, 0.15) is 0 Å². The summed E-state index contributed by atoms with van der Waals surface area (Å²) < 4.78 is 0. The van der Waals surface area contributed by atoms with E-state index in [1.807, 2.05) is 0 Å². The lowest BCUT2D eigenvalue weighted by Gasteiger charge is -2.29. The van der Waals surface area contributed by atoms with Crippen LogP contribution in [0.15, 0.2) is 218 Å². The van der Waals surface area contributed by atoms with Crippen molar-refractivity contribution < 1.29 is 0 Å². The molecule has 0 aromatic heterocycles. The lowest BCUT2D eigenvalue weighted by Crippen LogP contribution is -2.22. The number of rotatable bonds is 6. The molecule has 0 spiro atoms. The van der Waals surface area contributed by atoms with Crippen LogP contribution < -0.4 is 4.90 Å². The van der Waals surface area contributed by atoms with Gasteiger partial charge in [-0.3, -0.25) is 0 Å². The van der Waals surface area contributed by atoms with Gasteiger partial charge < -0.3 is 4.90 Å². The van der Waals surface area contributed by atoms with Crippen LogP contribution in [0.3, 0.4) is 0 Å². The predicted molar refractivity (Wildman–Crippen MR) is 242 cm³/mol. The number of anilines is 3. The molecule has 0 fully saturated rings. The van der Waals surface area contributed by atoms with Crippen LogP contribution in [0, 0.1) is 0 Å². The van der Waals surface area contributed by atoms with Gasteiger partial charge in [0.05, 0.1) is 11.4 Å². The molecule has 57 heavy (non-hydrogen) atoms. The Hall–Kier alpha value is -7.22. The van der Waals surface area contributed by atoms with Crippen LogP contribution in [0.2, 0.25) is 0 Å².